The van der Waals surface area contributed by atoms with Crippen molar-refractivity contribution in [3.63, 3.8) is 0 Å². The highest BCUT2D eigenvalue weighted by atomic mass is 28.3. The van der Waals surface area contributed by atoms with E-state index in [0.717, 1.165) is 36.1 Å². The number of anilines is 1. The third-order valence-electron chi connectivity index (χ3n) is 7.94. The quantitative estimate of drug-likeness (QED) is 0.435. The Morgan fingerprint density at radius 2 is 1.88 bits per heavy atom. The fourth-order valence-corrected chi connectivity index (χ4v) is 7.98. The summed E-state index contributed by atoms with van der Waals surface area (Å²) in [6, 6.07) is 9.16. The maximum atomic E-state index is 13.4. The molecular weight excluding hydrogens is 446 g/mol. The van der Waals surface area contributed by atoms with Crippen LogP contribution >= 0.6 is 0 Å². The number of benzene rings is 1. The Morgan fingerprint density at radius 3 is 2.44 bits per heavy atom. The van der Waals surface area contributed by atoms with E-state index in [1.165, 1.54) is 0 Å². The average Bonchev–Trinajstić information content (AvgIpc) is 3.24. The van der Waals surface area contributed by atoms with Gasteiger partial charge >= 0.3 is 6.03 Å². The fraction of sp³-hybridized carbons (Fsp3) is 0.560. The number of H-pyrrole nitrogens is 1. The largest absolute Gasteiger partial charge is 0.396 e. The van der Waals surface area contributed by atoms with Crippen molar-refractivity contribution in [2.45, 2.75) is 82.3 Å². The number of rotatable bonds is 7. The van der Waals surface area contributed by atoms with Crippen molar-refractivity contribution >= 4 is 25.8 Å². The molecular formula is C25H37N5O3Si. The molecule has 184 valence electrons. The molecule has 1 unspecified atom stereocenters. The summed E-state index contributed by atoms with van der Waals surface area (Å²) in [5.74, 6) is 0.600. The van der Waals surface area contributed by atoms with Gasteiger partial charge in [0.2, 0.25) is 5.91 Å². The van der Waals surface area contributed by atoms with Crippen LogP contribution in [0.15, 0.2) is 30.3 Å². The van der Waals surface area contributed by atoms with E-state index in [9.17, 15) is 14.7 Å². The molecule has 4 rings (SSSR count). The van der Waals surface area contributed by atoms with Crippen LogP contribution in [0.5, 0.6) is 0 Å². The second-order valence-corrected chi connectivity index (χ2v) is 16.6. The molecule has 1 aromatic heterocycles. The minimum atomic E-state index is -1.71. The van der Waals surface area contributed by atoms with Crippen LogP contribution in [0.1, 0.15) is 62.4 Å². The normalized spacial score (nSPS) is 19.2. The van der Waals surface area contributed by atoms with Gasteiger partial charge in [-0.1, -0.05) is 56.4 Å². The van der Waals surface area contributed by atoms with Gasteiger partial charge in [0.1, 0.15) is 0 Å². The second-order valence-electron chi connectivity index (χ2n) is 11.1. The predicted octanol–water partition coefficient (Wildman–Crippen LogP) is 4.49. The topological polar surface area (TPSA) is 110 Å². The van der Waals surface area contributed by atoms with E-state index < -0.39 is 13.6 Å². The van der Waals surface area contributed by atoms with Crippen molar-refractivity contribution < 1.29 is 14.7 Å². The number of carbonyl (C=O) groups excluding carboxylic acids is 2. The van der Waals surface area contributed by atoms with Crippen LogP contribution in [0.2, 0.25) is 24.7 Å². The van der Waals surface area contributed by atoms with E-state index in [4.69, 9.17) is 0 Å². The van der Waals surface area contributed by atoms with E-state index in [0.29, 0.717) is 18.8 Å². The number of aliphatic hydroxyl groups excluding tert-OH is 1. The first-order valence-electron chi connectivity index (χ1n) is 12.1. The molecule has 1 aliphatic carbocycles. The first-order chi connectivity index (χ1) is 16.0. The minimum absolute atomic E-state index is 0.0266. The highest BCUT2D eigenvalue weighted by Gasteiger charge is 2.54. The molecule has 0 bridgehead atoms. The molecule has 34 heavy (non-hydrogen) atoms. The van der Waals surface area contributed by atoms with Gasteiger partial charge in [-0.2, -0.15) is 5.10 Å². The Hall–Kier alpha value is -2.65. The van der Waals surface area contributed by atoms with Crippen LogP contribution in [-0.2, 0) is 16.9 Å². The number of amides is 3. The summed E-state index contributed by atoms with van der Waals surface area (Å²) in [7, 11) is -1.71. The van der Waals surface area contributed by atoms with Gasteiger partial charge in [-0.05, 0) is 38.7 Å². The van der Waals surface area contributed by atoms with Gasteiger partial charge in [0, 0.05) is 17.2 Å². The van der Waals surface area contributed by atoms with E-state index in [-0.39, 0.29) is 29.6 Å². The first-order valence-corrected chi connectivity index (χ1v) is 15.6. The Morgan fingerprint density at radius 1 is 1.21 bits per heavy atom. The van der Waals surface area contributed by atoms with Crippen molar-refractivity contribution in [2.75, 3.05) is 11.9 Å². The molecule has 9 heteroatoms. The summed E-state index contributed by atoms with van der Waals surface area (Å²) in [6.07, 6.45) is 3.39. The van der Waals surface area contributed by atoms with Crippen LogP contribution in [-0.4, -0.2) is 46.8 Å². The maximum absolute atomic E-state index is 13.4. The average molecular weight is 484 g/mol. The van der Waals surface area contributed by atoms with Gasteiger partial charge in [0.05, 0.1) is 31.9 Å². The highest BCUT2D eigenvalue weighted by molar-refractivity contribution is 6.83. The molecule has 2 aromatic rings. The molecule has 8 nitrogen and oxygen atoms in total. The molecule has 0 spiro atoms. The molecule has 2 aliphatic rings. The molecule has 1 aliphatic heterocycles. The van der Waals surface area contributed by atoms with Crippen molar-refractivity contribution in [1.29, 1.82) is 0 Å². The first kappa shape index (κ1) is 24.5. The predicted molar refractivity (Wildman–Crippen MR) is 135 cm³/mol. The van der Waals surface area contributed by atoms with Crippen molar-refractivity contribution in [1.82, 2.24) is 20.4 Å². The number of aromatic amines is 1. The zero-order valence-corrected chi connectivity index (χ0v) is 21.9. The highest BCUT2D eigenvalue weighted by Crippen LogP contribution is 2.56. The number of aromatic nitrogens is 2. The monoisotopic (exact) mass is 483 g/mol. The van der Waals surface area contributed by atoms with Crippen LogP contribution in [0.3, 0.4) is 0 Å². The zero-order valence-electron chi connectivity index (χ0n) is 20.9. The lowest BCUT2D eigenvalue weighted by atomic mass is 9.83. The number of nitrogens with zero attached hydrogens (tertiary/aromatic N) is 2. The Balaban J connectivity index is 1.52. The molecule has 1 atom stereocenters. The van der Waals surface area contributed by atoms with Crippen LogP contribution in [0, 0.1) is 0 Å². The van der Waals surface area contributed by atoms with E-state index >= 15 is 0 Å². The Kier molecular flexibility index (Phi) is 6.37. The summed E-state index contributed by atoms with van der Waals surface area (Å²) < 4.78 is 0. The van der Waals surface area contributed by atoms with Crippen molar-refractivity contribution in [2.24, 2.45) is 0 Å². The smallest absolute Gasteiger partial charge is 0.318 e. The number of urea groups is 1. The molecule has 2 heterocycles. The van der Waals surface area contributed by atoms with Gasteiger partial charge in [-0.3, -0.25) is 9.89 Å². The standard InChI is InChI=1S/C25H37N5O3Si/c1-24(2)20-18(21(29-28-20)27-22(32)25(13-9-14-25)34(3,4)5)16-30(24)23(33)26-19(12-15-31)17-10-7-6-8-11-17/h6-8,10-11,19,31H,9,12-16H2,1-5H3,(H,26,33)(H2,27,28,29,32). The lowest BCUT2D eigenvalue weighted by molar-refractivity contribution is -0.121. The molecule has 3 amide bonds. The summed E-state index contributed by atoms with van der Waals surface area (Å²) >= 11 is 0. The van der Waals surface area contributed by atoms with Crippen molar-refractivity contribution in [3.05, 3.63) is 47.2 Å². The van der Waals surface area contributed by atoms with E-state index in [2.05, 4.69) is 40.5 Å². The minimum Gasteiger partial charge on any atom is -0.396 e. The number of aliphatic hydroxyl groups is 1. The molecule has 1 saturated carbocycles. The van der Waals surface area contributed by atoms with Crippen LogP contribution < -0.4 is 10.6 Å². The van der Waals surface area contributed by atoms with E-state index in [1.54, 1.807) is 4.90 Å². The second kappa shape index (κ2) is 8.85. The summed E-state index contributed by atoms with van der Waals surface area (Å²) in [4.78, 5) is 28.5. The molecule has 1 aromatic carbocycles. The number of hydrogen-bond donors (Lipinski definition) is 4. The SMILES string of the molecule is CC1(C)c2[nH]nc(NC(=O)C3([Si](C)(C)C)CCC3)c2CN1C(=O)NC(CCO)c1ccccc1. The van der Waals surface area contributed by atoms with Crippen molar-refractivity contribution in [3.8, 4) is 0 Å². The van der Waals surface area contributed by atoms with Gasteiger partial charge < -0.3 is 20.6 Å². The van der Waals surface area contributed by atoms with Gasteiger partial charge in [-0.15, -0.1) is 0 Å². The molecule has 4 N–H and O–H groups in total. The fourth-order valence-electron chi connectivity index (χ4n) is 5.38. The van der Waals surface area contributed by atoms with E-state index in [1.807, 2.05) is 44.2 Å². The number of fused-ring (bicyclic) bond motifs is 1. The van der Waals surface area contributed by atoms with Gasteiger partial charge in [-0.25, -0.2) is 4.79 Å². The summed E-state index contributed by atoms with van der Waals surface area (Å²) in [6.45, 7) is 11.0. The van der Waals surface area contributed by atoms with Gasteiger partial charge in [0.15, 0.2) is 5.82 Å². The molecule has 0 radical (unpaired) electrons. The maximum Gasteiger partial charge on any atom is 0.318 e. The lowest BCUT2D eigenvalue weighted by Crippen LogP contribution is -2.52. The Bertz CT molecular complexity index is 1060. The molecule has 0 saturated heterocycles. The zero-order chi connectivity index (χ0) is 24.7. The summed E-state index contributed by atoms with van der Waals surface area (Å²) in [5, 5.41) is 23.0. The van der Waals surface area contributed by atoms with Crippen LogP contribution in [0.25, 0.3) is 0 Å². The van der Waals surface area contributed by atoms with Gasteiger partial charge in [0.25, 0.3) is 0 Å². The number of nitrogens with one attached hydrogen (secondary N) is 3. The summed E-state index contributed by atoms with van der Waals surface area (Å²) in [5.41, 5.74) is 2.03. The molecule has 1 fully saturated rings. The third kappa shape index (κ3) is 4.05. The Labute approximate surface area is 202 Å². The third-order valence-corrected chi connectivity index (χ3v) is 11.5. The number of carbonyl (C=O) groups is 2. The van der Waals surface area contributed by atoms with Crippen LogP contribution in [0.4, 0.5) is 10.6 Å². The number of hydrogen-bond acceptors (Lipinski definition) is 4. The lowest BCUT2D eigenvalue weighted by Gasteiger charge is -2.48.